The molecule has 0 radical (unpaired) electrons. The van der Waals surface area contributed by atoms with Crippen LogP contribution in [-0.4, -0.2) is 25.9 Å². The van der Waals surface area contributed by atoms with Gasteiger partial charge in [0.25, 0.3) is 0 Å². The van der Waals surface area contributed by atoms with Gasteiger partial charge >= 0.3 is 0 Å². The number of ether oxygens (including phenoxy) is 1. The highest BCUT2D eigenvalue weighted by molar-refractivity contribution is 5.82. The summed E-state index contributed by atoms with van der Waals surface area (Å²) in [6.07, 6.45) is 1.83. The zero-order valence-corrected chi connectivity index (χ0v) is 23.0. The molecular weight excluding hydrogens is 484 g/mol. The fourth-order valence-electron chi connectivity index (χ4n) is 3.93. The third-order valence-electron chi connectivity index (χ3n) is 6.12. The van der Waals surface area contributed by atoms with Gasteiger partial charge < -0.3 is 9.64 Å². The van der Waals surface area contributed by atoms with E-state index in [1.807, 2.05) is 98.9 Å². The Labute approximate surface area is 230 Å². The van der Waals surface area contributed by atoms with Gasteiger partial charge in [0.2, 0.25) is 0 Å². The molecule has 0 atom stereocenters. The van der Waals surface area contributed by atoms with Crippen molar-refractivity contribution in [1.29, 1.82) is 0 Å². The fourth-order valence-corrected chi connectivity index (χ4v) is 3.93. The average Bonchev–Trinajstić information content (AvgIpc) is 2.97. The predicted molar refractivity (Wildman–Crippen MR) is 161 cm³/mol. The number of nitrogens with zero attached hydrogens (tertiary/aromatic N) is 6. The van der Waals surface area contributed by atoms with Crippen molar-refractivity contribution in [2.24, 2.45) is 25.4 Å². The minimum atomic E-state index is 0.649. The first-order valence-electron chi connectivity index (χ1n) is 13.2. The summed E-state index contributed by atoms with van der Waals surface area (Å²) in [7, 11) is 0. The number of aliphatic imine (C=N–C) groups is 1. The normalized spacial score (nSPS) is 11.6. The molecule has 0 spiro atoms. The molecule has 39 heavy (non-hydrogen) atoms. The average molecular weight is 519 g/mol. The monoisotopic (exact) mass is 518 g/mol. The molecule has 0 unspecified atom stereocenters. The number of anilines is 1. The Balaban J connectivity index is 1.35. The summed E-state index contributed by atoms with van der Waals surface area (Å²) in [4.78, 5) is 6.82. The fraction of sp³-hybridized carbons (Fsp3) is 0.219. The number of rotatable bonds is 11. The van der Waals surface area contributed by atoms with Crippen molar-refractivity contribution < 1.29 is 4.74 Å². The molecular formula is C32H34N6O. The summed E-state index contributed by atoms with van der Waals surface area (Å²) in [5.41, 5.74) is 7.17. The van der Waals surface area contributed by atoms with E-state index in [1.54, 1.807) is 0 Å². The quantitative estimate of drug-likeness (QED) is 0.146. The first-order valence-corrected chi connectivity index (χ1v) is 13.2. The molecule has 0 aliphatic heterocycles. The number of aryl methyl sites for hydroxylation is 1. The lowest BCUT2D eigenvalue weighted by atomic mass is 10.2. The van der Waals surface area contributed by atoms with Gasteiger partial charge in [0.05, 0.1) is 35.0 Å². The van der Waals surface area contributed by atoms with Gasteiger partial charge in [-0.05, 0) is 118 Å². The highest BCUT2D eigenvalue weighted by Crippen LogP contribution is 2.28. The van der Waals surface area contributed by atoms with Crippen LogP contribution in [0.15, 0.2) is 116 Å². The minimum absolute atomic E-state index is 0.649. The van der Waals surface area contributed by atoms with E-state index in [9.17, 15) is 0 Å². The Kier molecular flexibility index (Phi) is 9.67. The van der Waals surface area contributed by atoms with Crippen LogP contribution >= 0.6 is 0 Å². The van der Waals surface area contributed by atoms with Gasteiger partial charge in [-0.15, -0.1) is 0 Å². The largest absolute Gasteiger partial charge is 0.494 e. The second-order valence-electron chi connectivity index (χ2n) is 8.84. The number of benzene rings is 4. The molecule has 0 saturated carbocycles. The summed E-state index contributed by atoms with van der Waals surface area (Å²) in [5, 5.41) is 17.6. The van der Waals surface area contributed by atoms with E-state index in [0.717, 1.165) is 58.4 Å². The van der Waals surface area contributed by atoms with Crippen molar-refractivity contribution in [1.82, 2.24) is 0 Å². The molecule has 0 saturated heterocycles. The maximum Gasteiger partial charge on any atom is 0.119 e. The Morgan fingerprint density at radius 3 is 1.82 bits per heavy atom. The summed E-state index contributed by atoms with van der Waals surface area (Å²) < 4.78 is 5.47. The van der Waals surface area contributed by atoms with Crippen molar-refractivity contribution >= 4 is 40.3 Å². The van der Waals surface area contributed by atoms with Crippen LogP contribution in [0.3, 0.4) is 0 Å². The van der Waals surface area contributed by atoms with E-state index < -0.39 is 0 Å². The standard InChI is InChI=1S/C32H34N6O/c1-5-38(6-2)30-17-12-28(13-18-30)34-36-29-16-21-32(24(4)22-29)37-35-27-10-8-25(9-11-27)23-33-26-14-19-31(20-15-26)39-7-3/h8-23H,5-7H2,1-4H3. The van der Waals surface area contributed by atoms with Gasteiger partial charge in [-0.25, -0.2) is 0 Å². The molecule has 198 valence electrons. The molecule has 0 bridgehead atoms. The zero-order valence-electron chi connectivity index (χ0n) is 23.0. The summed E-state index contributed by atoms with van der Waals surface area (Å²) in [5.74, 6) is 0.845. The molecule has 0 heterocycles. The van der Waals surface area contributed by atoms with Gasteiger partial charge in [0.15, 0.2) is 0 Å². The van der Waals surface area contributed by atoms with Crippen molar-refractivity contribution in [3.63, 3.8) is 0 Å². The second-order valence-corrected chi connectivity index (χ2v) is 8.84. The van der Waals surface area contributed by atoms with Crippen LogP contribution in [0.25, 0.3) is 0 Å². The van der Waals surface area contributed by atoms with Crippen molar-refractivity contribution in [2.75, 3.05) is 24.6 Å². The molecule has 0 aliphatic carbocycles. The molecule has 0 aliphatic rings. The van der Waals surface area contributed by atoms with Crippen molar-refractivity contribution in [3.8, 4) is 5.75 Å². The Morgan fingerprint density at radius 2 is 1.21 bits per heavy atom. The van der Waals surface area contributed by atoms with E-state index in [0.29, 0.717) is 6.61 Å². The lowest BCUT2D eigenvalue weighted by Crippen LogP contribution is -2.21. The SMILES string of the molecule is CCOc1ccc(N=Cc2ccc(N=Nc3ccc(N=Nc4ccc(N(CC)CC)cc4)cc3C)cc2)cc1. The number of hydrogen-bond donors (Lipinski definition) is 0. The Bertz CT molecular complexity index is 1420. The lowest BCUT2D eigenvalue weighted by Gasteiger charge is -2.20. The third-order valence-corrected chi connectivity index (χ3v) is 6.12. The van der Waals surface area contributed by atoms with E-state index in [4.69, 9.17) is 4.74 Å². The number of hydrogen-bond acceptors (Lipinski definition) is 7. The second kappa shape index (κ2) is 13.8. The summed E-state index contributed by atoms with van der Waals surface area (Å²) in [6.45, 7) is 10.9. The van der Waals surface area contributed by atoms with Crippen LogP contribution in [0, 0.1) is 6.92 Å². The van der Waals surface area contributed by atoms with E-state index in [-0.39, 0.29) is 0 Å². The lowest BCUT2D eigenvalue weighted by molar-refractivity contribution is 0.340. The highest BCUT2D eigenvalue weighted by Gasteiger charge is 2.02. The first kappa shape index (κ1) is 27.4. The molecule has 4 aromatic rings. The first-order chi connectivity index (χ1) is 19.1. The van der Waals surface area contributed by atoms with Crippen molar-refractivity contribution in [3.05, 3.63) is 102 Å². The zero-order chi connectivity index (χ0) is 27.5. The maximum absolute atomic E-state index is 5.47. The molecule has 0 amide bonds. The summed E-state index contributed by atoms with van der Waals surface area (Å²) >= 11 is 0. The Hall–Kier alpha value is -4.65. The molecule has 7 heteroatoms. The highest BCUT2D eigenvalue weighted by atomic mass is 16.5. The van der Waals surface area contributed by atoms with Gasteiger partial charge in [0, 0.05) is 25.0 Å². The minimum Gasteiger partial charge on any atom is -0.494 e. The molecule has 7 nitrogen and oxygen atoms in total. The predicted octanol–water partition coefficient (Wildman–Crippen LogP) is 9.82. The van der Waals surface area contributed by atoms with Crippen LogP contribution in [0.5, 0.6) is 5.75 Å². The van der Waals surface area contributed by atoms with E-state index in [2.05, 4.69) is 56.3 Å². The van der Waals surface area contributed by atoms with Gasteiger partial charge in [-0.2, -0.15) is 20.5 Å². The van der Waals surface area contributed by atoms with Crippen LogP contribution in [0.4, 0.5) is 34.1 Å². The van der Waals surface area contributed by atoms with E-state index >= 15 is 0 Å². The van der Waals surface area contributed by atoms with Crippen LogP contribution < -0.4 is 9.64 Å². The topological polar surface area (TPSA) is 74.3 Å². The third kappa shape index (κ3) is 7.92. The van der Waals surface area contributed by atoms with Crippen LogP contribution in [-0.2, 0) is 0 Å². The molecule has 0 aromatic heterocycles. The molecule has 0 N–H and O–H groups in total. The summed E-state index contributed by atoms with van der Waals surface area (Å²) in [6, 6.07) is 29.4. The van der Waals surface area contributed by atoms with Gasteiger partial charge in [-0.3, -0.25) is 4.99 Å². The molecule has 4 rings (SSSR count). The smallest absolute Gasteiger partial charge is 0.119 e. The van der Waals surface area contributed by atoms with Crippen LogP contribution in [0.1, 0.15) is 31.9 Å². The molecule has 0 fully saturated rings. The number of azo groups is 2. The van der Waals surface area contributed by atoms with Crippen LogP contribution in [0.2, 0.25) is 0 Å². The van der Waals surface area contributed by atoms with Crippen molar-refractivity contribution in [2.45, 2.75) is 27.7 Å². The Morgan fingerprint density at radius 1 is 0.641 bits per heavy atom. The maximum atomic E-state index is 5.47. The van der Waals surface area contributed by atoms with E-state index in [1.165, 1.54) is 5.69 Å². The molecule has 4 aromatic carbocycles. The van der Waals surface area contributed by atoms with Gasteiger partial charge in [-0.1, -0.05) is 12.1 Å². The van der Waals surface area contributed by atoms with Gasteiger partial charge in [0.1, 0.15) is 5.75 Å².